The van der Waals surface area contributed by atoms with E-state index in [0.29, 0.717) is 10.7 Å². The minimum atomic E-state index is -1.59. The van der Waals surface area contributed by atoms with Crippen LogP contribution in [0.5, 0.6) is 0 Å². The molecule has 11 heteroatoms. The molecular formula is C26H33BN2O7S. The minimum absolute atomic E-state index is 0.139. The summed E-state index contributed by atoms with van der Waals surface area (Å²) >= 11 is 1.42. The van der Waals surface area contributed by atoms with Crippen LogP contribution in [-0.4, -0.2) is 36.1 Å². The molecule has 0 radical (unpaired) electrons. The largest absolute Gasteiger partial charge is 0.870 e. The van der Waals surface area contributed by atoms with Gasteiger partial charge in [-0.2, -0.15) is 0 Å². The number of carbonyl (C=O) groups is 4. The zero-order valence-corrected chi connectivity index (χ0v) is 23.0. The van der Waals surface area contributed by atoms with Crippen molar-refractivity contribution in [1.82, 2.24) is 4.98 Å². The van der Waals surface area contributed by atoms with Gasteiger partial charge in [-0.3, -0.25) is 24.5 Å². The smallest absolute Gasteiger partial charge is 0.462 e. The second-order valence-corrected chi connectivity index (χ2v) is 7.20. The Labute approximate surface area is 222 Å². The van der Waals surface area contributed by atoms with Gasteiger partial charge in [0.25, 0.3) is 23.8 Å². The van der Waals surface area contributed by atoms with Crippen LogP contribution in [0.15, 0.2) is 66.0 Å². The third-order valence-electron chi connectivity index (χ3n) is 3.62. The van der Waals surface area contributed by atoms with Crippen molar-refractivity contribution in [3.8, 4) is 11.3 Å². The topological polar surface area (TPSA) is 121 Å². The number of nitrogens with one attached hydrogen (secondary N) is 1. The summed E-state index contributed by atoms with van der Waals surface area (Å²) in [6, 6.07) is 19.0. The number of anilines is 1. The van der Waals surface area contributed by atoms with Gasteiger partial charge in [0.05, 0.1) is 5.69 Å². The highest BCUT2D eigenvalue weighted by Gasteiger charge is 2.33. The molecule has 0 aliphatic rings. The summed E-state index contributed by atoms with van der Waals surface area (Å²) in [6.45, 7) is 11.3. The van der Waals surface area contributed by atoms with E-state index >= 15 is 0 Å². The molecule has 3 aromatic rings. The Balaban J connectivity index is 0.000000666. The third kappa shape index (κ3) is 14.2. The highest BCUT2D eigenvalue weighted by atomic mass is 32.1. The highest BCUT2D eigenvalue weighted by Crippen LogP contribution is 2.24. The first-order valence-electron chi connectivity index (χ1n) is 11.6. The summed E-state index contributed by atoms with van der Waals surface area (Å²) < 4.78 is 13.0. The van der Waals surface area contributed by atoms with Crippen LogP contribution in [0, 0.1) is 0 Å². The van der Waals surface area contributed by atoms with E-state index in [2.05, 4.69) is 24.3 Å². The number of aromatic nitrogens is 1. The fourth-order valence-electron chi connectivity index (χ4n) is 2.31. The molecule has 0 bridgehead atoms. The number of benzene rings is 2. The third-order valence-corrected chi connectivity index (χ3v) is 4.37. The molecule has 0 fully saturated rings. The molecule has 2 aromatic carbocycles. The lowest BCUT2D eigenvalue weighted by Crippen LogP contribution is -2.32. The lowest BCUT2D eigenvalue weighted by Gasteiger charge is -2.09. The molecule has 1 amide bonds. The summed E-state index contributed by atoms with van der Waals surface area (Å²) in [7, 11) is -1.59. The summed E-state index contributed by atoms with van der Waals surface area (Å²) in [4.78, 5) is 47.7. The monoisotopic (exact) mass is 528 g/mol. The summed E-state index contributed by atoms with van der Waals surface area (Å²) in [6.07, 6.45) is 0. The molecule has 9 nitrogen and oxygen atoms in total. The van der Waals surface area contributed by atoms with E-state index in [9.17, 15) is 19.2 Å². The quantitative estimate of drug-likeness (QED) is 0.400. The van der Waals surface area contributed by atoms with E-state index in [-0.39, 0.29) is 5.91 Å². The lowest BCUT2D eigenvalue weighted by molar-refractivity contribution is -0.144. The van der Waals surface area contributed by atoms with Gasteiger partial charge in [0.1, 0.15) is 0 Å². The van der Waals surface area contributed by atoms with E-state index in [1.807, 2.05) is 81.6 Å². The van der Waals surface area contributed by atoms with Crippen molar-refractivity contribution in [3.05, 3.63) is 71.6 Å². The van der Waals surface area contributed by atoms with Crippen LogP contribution in [0.1, 0.15) is 58.8 Å². The predicted octanol–water partition coefficient (Wildman–Crippen LogP) is 5.78. The summed E-state index contributed by atoms with van der Waals surface area (Å²) in [5.74, 6) is -2.29. The van der Waals surface area contributed by atoms with E-state index in [0.717, 1.165) is 32.0 Å². The number of nitrogens with zero attached hydrogens (tertiary/aromatic N) is 1. The standard InChI is InChI=1S/C16H12N2OS.C6H9BO6.2C2H6/c19-15(13-9-5-2-6-10-13)18-16-17-14(11-20-16)12-7-3-1-4-8-12;1-4(8)11-7(12-5(2)9)13-6(3)10;2*1-2/h1-11H,(H,17,18,19);1-3H3;2*1-2H3. The minimum Gasteiger partial charge on any atom is -0.462 e. The van der Waals surface area contributed by atoms with Crippen LogP contribution in [0.4, 0.5) is 5.13 Å². The Morgan fingerprint density at radius 1 is 0.730 bits per heavy atom. The van der Waals surface area contributed by atoms with Gasteiger partial charge in [0.2, 0.25) is 0 Å². The Bertz CT molecular complexity index is 1050. The molecule has 0 saturated carbocycles. The normalized spacial score (nSPS) is 8.84. The Hall–Kier alpha value is -3.99. The van der Waals surface area contributed by atoms with Crippen LogP contribution in [0.2, 0.25) is 0 Å². The molecule has 0 spiro atoms. The first kappa shape index (κ1) is 33.0. The van der Waals surface area contributed by atoms with Crippen molar-refractivity contribution in [2.45, 2.75) is 48.5 Å². The molecule has 1 aromatic heterocycles. The average molecular weight is 528 g/mol. The number of amides is 1. The molecule has 0 aliphatic carbocycles. The van der Waals surface area contributed by atoms with Gasteiger partial charge in [0.15, 0.2) is 5.13 Å². The molecule has 1 heterocycles. The van der Waals surface area contributed by atoms with Crippen LogP contribution >= 0.6 is 11.3 Å². The zero-order valence-electron chi connectivity index (χ0n) is 22.1. The second-order valence-electron chi connectivity index (χ2n) is 6.34. The Morgan fingerprint density at radius 3 is 1.59 bits per heavy atom. The SMILES string of the molecule is CC.CC.CC(=O)OB(OC(C)=O)OC(C)=O.O=C(Nc1nc(-c2ccccc2)cs1)c1ccccc1. The molecule has 0 atom stereocenters. The maximum absolute atomic E-state index is 12.0. The molecule has 0 aliphatic heterocycles. The van der Waals surface area contributed by atoms with Crippen molar-refractivity contribution in [2.75, 3.05) is 5.32 Å². The summed E-state index contributed by atoms with van der Waals surface area (Å²) in [5.41, 5.74) is 2.55. The van der Waals surface area contributed by atoms with Gasteiger partial charge in [-0.15, -0.1) is 11.3 Å². The lowest BCUT2D eigenvalue weighted by atomic mass is 10.2. The first-order valence-corrected chi connectivity index (χ1v) is 12.5. The van der Waals surface area contributed by atoms with Gasteiger partial charge in [0, 0.05) is 37.3 Å². The van der Waals surface area contributed by atoms with Crippen LogP contribution < -0.4 is 5.32 Å². The number of thiazole rings is 1. The molecule has 0 saturated heterocycles. The van der Waals surface area contributed by atoms with Gasteiger partial charge in [-0.05, 0) is 12.1 Å². The molecule has 198 valence electrons. The molecule has 37 heavy (non-hydrogen) atoms. The summed E-state index contributed by atoms with van der Waals surface area (Å²) in [5, 5.41) is 5.37. The van der Waals surface area contributed by atoms with E-state index in [1.54, 1.807) is 12.1 Å². The first-order chi connectivity index (χ1) is 17.7. The van der Waals surface area contributed by atoms with Gasteiger partial charge in [-0.25, -0.2) is 4.98 Å². The van der Waals surface area contributed by atoms with Crippen LogP contribution in [0.25, 0.3) is 11.3 Å². The van der Waals surface area contributed by atoms with Crippen LogP contribution in [0.3, 0.4) is 0 Å². The van der Waals surface area contributed by atoms with E-state index in [1.165, 1.54) is 11.3 Å². The fraction of sp³-hybridized carbons (Fsp3) is 0.269. The van der Waals surface area contributed by atoms with Crippen molar-refractivity contribution in [2.24, 2.45) is 0 Å². The average Bonchev–Trinajstić information content (AvgIpc) is 3.35. The molecule has 0 unspecified atom stereocenters. The zero-order chi connectivity index (χ0) is 28.2. The van der Waals surface area contributed by atoms with Crippen LogP contribution in [-0.2, 0) is 28.3 Å². The van der Waals surface area contributed by atoms with Crippen molar-refractivity contribution < 1.29 is 33.1 Å². The molecule has 1 N–H and O–H groups in total. The number of hydrogen-bond acceptors (Lipinski definition) is 9. The second kappa shape index (κ2) is 19.2. The Morgan fingerprint density at radius 2 is 1.16 bits per heavy atom. The maximum Gasteiger partial charge on any atom is 0.870 e. The van der Waals surface area contributed by atoms with Crippen molar-refractivity contribution in [3.63, 3.8) is 0 Å². The maximum atomic E-state index is 12.0. The number of rotatable bonds is 6. The van der Waals surface area contributed by atoms with Crippen molar-refractivity contribution >= 4 is 47.6 Å². The van der Waals surface area contributed by atoms with Gasteiger partial charge < -0.3 is 14.0 Å². The number of hydrogen-bond donors (Lipinski definition) is 1. The van der Waals surface area contributed by atoms with Gasteiger partial charge in [-0.1, -0.05) is 76.2 Å². The highest BCUT2D eigenvalue weighted by molar-refractivity contribution is 7.14. The van der Waals surface area contributed by atoms with E-state index in [4.69, 9.17) is 0 Å². The Kier molecular flexibility index (Phi) is 17.2. The van der Waals surface area contributed by atoms with Gasteiger partial charge >= 0.3 is 7.32 Å². The van der Waals surface area contributed by atoms with Crippen molar-refractivity contribution in [1.29, 1.82) is 0 Å². The molecule has 3 rings (SSSR count). The molecular weight excluding hydrogens is 495 g/mol. The van der Waals surface area contributed by atoms with E-state index < -0.39 is 25.2 Å². The predicted molar refractivity (Wildman–Crippen MR) is 146 cm³/mol. The number of carbonyl (C=O) groups excluding carboxylic acids is 4. The fourth-order valence-corrected chi connectivity index (χ4v) is 3.02.